The Morgan fingerprint density at radius 3 is 2.36 bits per heavy atom. The van der Waals surface area contributed by atoms with Crippen molar-refractivity contribution in [3.63, 3.8) is 0 Å². The maximum atomic E-state index is 8.36. The highest BCUT2D eigenvalue weighted by Gasteiger charge is 1.86. The Labute approximate surface area is 81.1 Å². The first-order chi connectivity index (χ1) is 6.38. The summed E-state index contributed by atoms with van der Waals surface area (Å²) in [6.45, 7) is -0.250. The molecule has 0 aliphatic heterocycles. The van der Waals surface area contributed by atoms with E-state index < -0.39 is 0 Å². The summed E-state index contributed by atoms with van der Waals surface area (Å²) in [6.07, 6.45) is 1.81. The molecule has 0 bridgehead atoms. The summed E-state index contributed by atoms with van der Waals surface area (Å²) in [4.78, 5) is 12.5. The van der Waals surface area contributed by atoms with Crippen LogP contribution in [0.1, 0.15) is 0 Å². The molecular formula is C10H11NO3. The minimum absolute atomic E-state index is 0. The lowest BCUT2D eigenvalue weighted by Gasteiger charge is -1.91. The molecule has 0 unspecified atom stereocenters. The van der Waals surface area contributed by atoms with E-state index >= 15 is 0 Å². The largest absolute Gasteiger partial charge is 0.483 e. The molecule has 4 nitrogen and oxygen atoms in total. The molecule has 0 saturated heterocycles. The Morgan fingerprint density at radius 2 is 1.71 bits per heavy atom. The number of carboxylic acid groups (broad SMARTS) is 1. The van der Waals surface area contributed by atoms with Crippen LogP contribution in [0.25, 0.3) is 10.9 Å². The quantitative estimate of drug-likeness (QED) is 0.636. The molecule has 0 atom stereocenters. The van der Waals surface area contributed by atoms with Crippen molar-refractivity contribution in [3.05, 3.63) is 42.6 Å². The van der Waals surface area contributed by atoms with Crippen LogP contribution in [0, 0.1) is 0 Å². The molecule has 0 radical (unpaired) electrons. The molecule has 2 aromatic rings. The first-order valence-electron chi connectivity index (χ1n) is 3.76. The Balaban J connectivity index is 0.000000381. The number of pyridine rings is 1. The van der Waals surface area contributed by atoms with E-state index in [1.807, 2.05) is 30.5 Å². The SMILES string of the molecule is O.O=CO.c1ccc2ncccc2c1. The second-order valence-electron chi connectivity index (χ2n) is 2.30. The molecule has 0 aliphatic rings. The average Bonchev–Trinajstić information content (AvgIpc) is 2.19. The van der Waals surface area contributed by atoms with Crippen LogP contribution < -0.4 is 0 Å². The van der Waals surface area contributed by atoms with Gasteiger partial charge >= 0.3 is 0 Å². The van der Waals surface area contributed by atoms with Crippen LogP contribution in [0.3, 0.4) is 0 Å². The zero-order valence-electron chi connectivity index (χ0n) is 7.42. The van der Waals surface area contributed by atoms with Gasteiger partial charge in [-0.1, -0.05) is 24.3 Å². The lowest BCUT2D eigenvalue weighted by molar-refractivity contribution is -0.122. The number of para-hydroxylation sites is 1. The molecule has 3 N–H and O–H groups in total. The zero-order chi connectivity index (χ0) is 9.52. The molecule has 1 aromatic carbocycles. The molecular weight excluding hydrogens is 182 g/mol. The van der Waals surface area contributed by atoms with E-state index in [2.05, 4.69) is 17.1 Å². The molecule has 0 amide bonds. The van der Waals surface area contributed by atoms with E-state index in [-0.39, 0.29) is 11.9 Å². The lowest BCUT2D eigenvalue weighted by Crippen LogP contribution is -1.73. The number of hydrogen-bond donors (Lipinski definition) is 1. The lowest BCUT2D eigenvalue weighted by atomic mass is 10.2. The summed E-state index contributed by atoms with van der Waals surface area (Å²) in [5.41, 5.74) is 1.06. The maximum Gasteiger partial charge on any atom is 0.290 e. The smallest absolute Gasteiger partial charge is 0.290 e. The molecule has 1 aromatic heterocycles. The minimum Gasteiger partial charge on any atom is -0.483 e. The van der Waals surface area contributed by atoms with E-state index in [0.717, 1.165) is 5.52 Å². The van der Waals surface area contributed by atoms with Crippen LogP contribution in [-0.4, -0.2) is 22.0 Å². The van der Waals surface area contributed by atoms with Crippen molar-refractivity contribution in [1.82, 2.24) is 4.98 Å². The molecule has 0 spiro atoms. The van der Waals surface area contributed by atoms with E-state index in [4.69, 9.17) is 9.90 Å². The van der Waals surface area contributed by atoms with Gasteiger partial charge in [-0.15, -0.1) is 0 Å². The van der Waals surface area contributed by atoms with E-state index in [1.54, 1.807) is 0 Å². The van der Waals surface area contributed by atoms with Crippen LogP contribution >= 0.6 is 0 Å². The van der Waals surface area contributed by atoms with Gasteiger partial charge in [-0.2, -0.15) is 0 Å². The van der Waals surface area contributed by atoms with Crippen LogP contribution in [0.15, 0.2) is 42.6 Å². The first-order valence-corrected chi connectivity index (χ1v) is 3.76. The second-order valence-corrected chi connectivity index (χ2v) is 2.30. The van der Waals surface area contributed by atoms with Gasteiger partial charge in [0.2, 0.25) is 0 Å². The fourth-order valence-electron chi connectivity index (χ4n) is 1.02. The van der Waals surface area contributed by atoms with Gasteiger partial charge in [0.1, 0.15) is 0 Å². The fraction of sp³-hybridized carbons (Fsp3) is 0. The van der Waals surface area contributed by atoms with Crippen molar-refractivity contribution >= 4 is 17.4 Å². The number of rotatable bonds is 0. The van der Waals surface area contributed by atoms with Crippen LogP contribution in [0.2, 0.25) is 0 Å². The average molecular weight is 193 g/mol. The molecule has 14 heavy (non-hydrogen) atoms. The number of benzene rings is 1. The van der Waals surface area contributed by atoms with Crippen LogP contribution in [-0.2, 0) is 4.79 Å². The number of nitrogens with zero attached hydrogens (tertiary/aromatic N) is 1. The van der Waals surface area contributed by atoms with Crippen LogP contribution in [0.4, 0.5) is 0 Å². The molecule has 1 heterocycles. The highest BCUT2D eigenvalue weighted by molar-refractivity contribution is 5.77. The van der Waals surface area contributed by atoms with E-state index in [9.17, 15) is 0 Å². The van der Waals surface area contributed by atoms with Crippen molar-refractivity contribution in [1.29, 1.82) is 0 Å². The molecule has 74 valence electrons. The molecule has 2 rings (SSSR count). The number of carbonyl (C=O) groups is 1. The summed E-state index contributed by atoms with van der Waals surface area (Å²) in [6, 6.07) is 12.1. The van der Waals surface area contributed by atoms with Crippen molar-refractivity contribution in [2.24, 2.45) is 0 Å². The number of fused-ring (bicyclic) bond motifs is 1. The van der Waals surface area contributed by atoms with E-state index in [0.29, 0.717) is 0 Å². The predicted molar refractivity (Wildman–Crippen MR) is 54.0 cm³/mol. The van der Waals surface area contributed by atoms with Crippen molar-refractivity contribution in [2.75, 3.05) is 0 Å². The predicted octanol–water partition coefficient (Wildman–Crippen LogP) is 1.11. The first kappa shape index (κ1) is 12.1. The molecule has 0 fully saturated rings. The second kappa shape index (κ2) is 6.56. The highest BCUT2D eigenvalue weighted by atomic mass is 16.3. The van der Waals surface area contributed by atoms with Gasteiger partial charge in [0, 0.05) is 11.6 Å². The number of hydrogen-bond acceptors (Lipinski definition) is 2. The standard InChI is InChI=1S/C9H7N.CH2O2.H2O/c1-2-6-9-8(4-1)5-3-7-10-9;2-1-3;/h1-7H;1H,(H,2,3);1H2. The van der Waals surface area contributed by atoms with Crippen molar-refractivity contribution in [3.8, 4) is 0 Å². The van der Waals surface area contributed by atoms with Gasteiger partial charge in [-0.25, -0.2) is 0 Å². The molecule has 0 saturated carbocycles. The summed E-state index contributed by atoms with van der Waals surface area (Å²) >= 11 is 0. The Bertz CT molecular complexity index is 324. The van der Waals surface area contributed by atoms with Crippen molar-refractivity contribution in [2.45, 2.75) is 0 Å². The van der Waals surface area contributed by atoms with Gasteiger partial charge in [0.15, 0.2) is 0 Å². The normalized spacial score (nSPS) is 8.00. The van der Waals surface area contributed by atoms with Gasteiger partial charge in [0.05, 0.1) is 5.52 Å². The maximum absolute atomic E-state index is 8.36. The Morgan fingerprint density at radius 1 is 1.14 bits per heavy atom. The fourth-order valence-corrected chi connectivity index (χ4v) is 1.02. The molecule has 0 aliphatic carbocycles. The number of aromatic nitrogens is 1. The Kier molecular flexibility index (Phi) is 5.65. The third kappa shape index (κ3) is 3.20. The molecule has 4 heteroatoms. The summed E-state index contributed by atoms with van der Waals surface area (Å²) in [5, 5.41) is 8.09. The Hall–Kier alpha value is -1.94. The third-order valence-corrected chi connectivity index (χ3v) is 1.51. The summed E-state index contributed by atoms with van der Waals surface area (Å²) < 4.78 is 0. The van der Waals surface area contributed by atoms with E-state index in [1.165, 1.54) is 5.39 Å². The zero-order valence-corrected chi connectivity index (χ0v) is 7.42. The summed E-state index contributed by atoms with van der Waals surface area (Å²) in [7, 11) is 0. The minimum atomic E-state index is -0.250. The van der Waals surface area contributed by atoms with Crippen molar-refractivity contribution < 1.29 is 15.4 Å². The van der Waals surface area contributed by atoms with Gasteiger partial charge < -0.3 is 10.6 Å². The summed E-state index contributed by atoms with van der Waals surface area (Å²) in [5.74, 6) is 0. The van der Waals surface area contributed by atoms with Gasteiger partial charge in [-0.3, -0.25) is 9.78 Å². The monoisotopic (exact) mass is 193 g/mol. The topological polar surface area (TPSA) is 81.7 Å². The van der Waals surface area contributed by atoms with Crippen LogP contribution in [0.5, 0.6) is 0 Å². The third-order valence-electron chi connectivity index (χ3n) is 1.51. The highest BCUT2D eigenvalue weighted by Crippen LogP contribution is 2.07. The van der Waals surface area contributed by atoms with Gasteiger partial charge in [0.25, 0.3) is 6.47 Å². The van der Waals surface area contributed by atoms with Gasteiger partial charge in [-0.05, 0) is 12.1 Å².